The molecule has 1 atom stereocenters. The molecule has 11 heteroatoms. The fraction of sp³-hybridized carbons (Fsp3) is 0.0833. The Kier molecular flexibility index (Phi) is 6.20. The Morgan fingerprint density at radius 3 is 2.29 bits per heavy atom. The molecule has 1 fully saturated rings. The highest BCUT2D eigenvalue weighted by atomic mass is 79.9. The number of nitro groups is 1. The number of hydrogen-bond donors (Lipinski definition) is 1. The summed E-state index contributed by atoms with van der Waals surface area (Å²) in [4.78, 5) is 38.0. The predicted molar refractivity (Wildman–Crippen MR) is 123 cm³/mol. The minimum Gasteiger partial charge on any atom is -0.507 e. The minimum absolute atomic E-state index is 0.138. The van der Waals surface area contributed by atoms with Gasteiger partial charge in [0.05, 0.1) is 21.6 Å². The van der Waals surface area contributed by atoms with Crippen molar-refractivity contribution in [2.24, 2.45) is 0 Å². The summed E-state index contributed by atoms with van der Waals surface area (Å²) in [6.45, 7) is 0. The van der Waals surface area contributed by atoms with Crippen molar-refractivity contribution in [2.45, 2.75) is 12.2 Å². The number of halogens is 4. The third kappa shape index (κ3) is 4.42. The largest absolute Gasteiger partial charge is 0.507 e. The molecule has 0 radical (unpaired) electrons. The number of aliphatic hydroxyl groups is 1. The minimum atomic E-state index is -4.74. The first-order valence-corrected chi connectivity index (χ1v) is 10.8. The van der Waals surface area contributed by atoms with E-state index in [0.29, 0.717) is 10.5 Å². The van der Waals surface area contributed by atoms with E-state index in [2.05, 4.69) is 15.9 Å². The molecule has 7 nitrogen and oxygen atoms in total. The molecule has 3 aromatic rings. The molecule has 1 amide bonds. The van der Waals surface area contributed by atoms with Gasteiger partial charge in [-0.1, -0.05) is 46.3 Å². The molecule has 0 bridgehead atoms. The van der Waals surface area contributed by atoms with E-state index >= 15 is 0 Å². The van der Waals surface area contributed by atoms with E-state index < -0.39 is 51.4 Å². The van der Waals surface area contributed by atoms with Crippen LogP contribution in [0.3, 0.4) is 0 Å². The van der Waals surface area contributed by atoms with Crippen LogP contribution in [0.5, 0.6) is 0 Å². The molecule has 35 heavy (non-hydrogen) atoms. The van der Waals surface area contributed by atoms with Crippen LogP contribution in [0.15, 0.2) is 82.8 Å². The summed E-state index contributed by atoms with van der Waals surface area (Å²) in [5.74, 6) is -3.04. The van der Waals surface area contributed by atoms with E-state index in [4.69, 9.17) is 0 Å². The number of alkyl halides is 3. The molecule has 0 aromatic heterocycles. The Bertz CT molecular complexity index is 1390. The number of anilines is 1. The second-order valence-corrected chi connectivity index (χ2v) is 8.46. The van der Waals surface area contributed by atoms with Gasteiger partial charge in [-0.2, -0.15) is 13.2 Å². The van der Waals surface area contributed by atoms with Gasteiger partial charge in [-0.25, -0.2) is 0 Å². The first-order chi connectivity index (χ1) is 16.5. The normalized spacial score (nSPS) is 17.6. The van der Waals surface area contributed by atoms with E-state index in [1.54, 1.807) is 12.1 Å². The average molecular weight is 547 g/mol. The van der Waals surface area contributed by atoms with Crippen molar-refractivity contribution in [2.75, 3.05) is 4.90 Å². The van der Waals surface area contributed by atoms with E-state index in [1.165, 1.54) is 36.4 Å². The van der Waals surface area contributed by atoms with Gasteiger partial charge in [0.25, 0.3) is 17.4 Å². The van der Waals surface area contributed by atoms with Gasteiger partial charge in [0.1, 0.15) is 11.8 Å². The molecule has 1 unspecified atom stereocenters. The number of benzene rings is 3. The van der Waals surface area contributed by atoms with Crippen molar-refractivity contribution < 1.29 is 32.8 Å². The van der Waals surface area contributed by atoms with E-state index in [9.17, 15) is 38.0 Å². The van der Waals surface area contributed by atoms with E-state index in [-0.39, 0.29) is 16.8 Å². The van der Waals surface area contributed by atoms with Crippen LogP contribution < -0.4 is 4.90 Å². The van der Waals surface area contributed by atoms with Gasteiger partial charge in [0.15, 0.2) is 0 Å². The van der Waals surface area contributed by atoms with Crippen molar-refractivity contribution in [3.8, 4) is 0 Å². The molecular formula is C24H14BrF3N2O5. The lowest BCUT2D eigenvalue weighted by molar-refractivity contribution is -0.385. The second-order valence-electron chi connectivity index (χ2n) is 7.54. The number of carbonyl (C=O) groups is 2. The Hall–Kier alpha value is -3.99. The molecule has 1 heterocycles. The number of amides is 1. The maximum atomic E-state index is 13.4. The van der Waals surface area contributed by atoms with Crippen LogP contribution in [0.4, 0.5) is 24.5 Å². The van der Waals surface area contributed by atoms with Crippen LogP contribution in [0.2, 0.25) is 0 Å². The number of para-hydroxylation sites is 1. The molecule has 1 saturated heterocycles. The Morgan fingerprint density at radius 1 is 1.00 bits per heavy atom. The standard InChI is InChI=1S/C24H14BrF3N2O5/c25-15-10-8-13(9-11-15)21(31)19-20(17-6-1-2-7-18(17)30(34)35)29(23(33)22(19)32)16-5-3-4-14(12-16)24(26,27)28/h1-12,20,31H/b21-19+. The second kappa shape index (κ2) is 8.99. The predicted octanol–water partition coefficient (Wildman–Crippen LogP) is 6.00. The van der Waals surface area contributed by atoms with Crippen LogP contribution in [0.1, 0.15) is 22.7 Å². The van der Waals surface area contributed by atoms with Crippen LogP contribution in [-0.2, 0) is 15.8 Å². The van der Waals surface area contributed by atoms with Crippen LogP contribution >= 0.6 is 15.9 Å². The third-order valence-corrected chi connectivity index (χ3v) is 5.97. The summed E-state index contributed by atoms with van der Waals surface area (Å²) in [5, 5.41) is 22.8. The zero-order valence-corrected chi connectivity index (χ0v) is 19.1. The number of carbonyl (C=O) groups excluding carboxylic acids is 2. The van der Waals surface area contributed by atoms with Gasteiger partial charge < -0.3 is 5.11 Å². The highest BCUT2D eigenvalue weighted by molar-refractivity contribution is 9.10. The molecule has 1 aliphatic heterocycles. The molecule has 3 aromatic carbocycles. The van der Waals surface area contributed by atoms with Gasteiger partial charge in [-0.3, -0.25) is 24.6 Å². The monoisotopic (exact) mass is 546 g/mol. The lowest BCUT2D eigenvalue weighted by Gasteiger charge is -2.25. The van der Waals surface area contributed by atoms with Gasteiger partial charge in [-0.15, -0.1) is 0 Å². The summed E-state index contributed by atoms with van der Waals surface area (Å²) >= 11 is 3.24. The number of hydrogen-bond acceptors (Lipinski definition) is 5. The van der Waals surface area contributed by atoms with Gasteiger partial charge in [-0.05, 0) is 36.4 Å². The fourth-order valence-electron chi connectivity index (χ4n) is 3.87. The fourth-order valence-corrected chi connectivity index (χ4v) is 4.14. The summed E-state index contributed by atoms with van der Waals surface area (Å²) in [7, 11) is 0. The van der Waals surface area contributed by atoms with Crippen LogP contribution in [0.25, 0.3) is 5.76 Å². The molecule has 1 aliphatic rings. The third-order valence-electron chi connectivity index (χ3n) is 5.44. The number of rotatable bonds is 4. The van der Waals surface area contributed by atoms with Crippen molar-refractivity contribution in [1.82, 2.24) is 0 Å². The maximum Gasteiger partial charge on any atom is 0.416 e. The van der Waals surface area contributed by atoms with Crippen molar-refractivity contribution in [3.63, 3.8) is 0 Å². The molecular weight excluding hydrogens is 533 g/mol. The first kappa shape index (κ1) is 24.1. The van der Waals surface area contributed by atoms with Crippen LogP contribution in [0, 0.1) is 10.1 Å². The number of aliphatic hydroxyl groups excluding tert-OH is 1. The lowest BCUT2D eigenvalue weighted by Crippen LogP contribution is -2.30. The maximum absolute atomic E-state index is 13.4. The van der Waals surface area contributed by atoms with E-state index in [0.717, 1.165) is 23.1 Å². The number of Topliss-reactive ketones (excluding diaryl/α,β-unsaturated/α-hetero) is 1. The Balaban J connectivity index is 2.01. The first-order valence-electron chi connectivity index (χ1n) is 9.98. The van der Waals surface area contributed by atoms with Crippen molar-refractivity contribution in [3.05, 3.63) is 110 Å². The number of nitro benzene ring substituents is 1. The molecule has 0 spiro atoms. The van der Waals surface area contributed by atoms with Gasteiger partial charge in [0.2, 0.25) is 0 Å². The number of nitrogens with zero attached hydrogens (tertiary/aromatic N) is 2. The molecule has 0 aliphatic carbocycles. The summed E-state index contributed by atoms with van der Waals surface area (Å²) in [5.41, 5.74) is -2.35. The molecule has 1 N–H and O–H groups in total. The smallest absolute Gasteiger partial charge is 0.416 e. The van der Waals surface area contributed by atoms with Crippen molar-refractivity contribution in [1.29, 1.82) is 0 Å². The van der Waals surface area contributed by atoms with Crippen molar-refractivity contribution >= 4 is 44.8 Å². The van der Waals surface area contributed by atoms with Crippen LogP contribution in [-0.4, -0.2) is 21.7 Å². The quantitative estimate of drug-likeness (QED) is 0.142. The van der Waals surface area contributed by atoms with E-state index in [1.807, 2.05) is 0 Å². The topological polar surface area (TPSA) is 101 Å². The zero-order chi connectivity index (χ0) is 25.5. The lowest BCUT2D eigenvalue weighted by atomic mass is 9.94. The van der Waals surface area contributed by atoms with Gasteiger partial charge >= 0.3 is 6.18 Å². The average Bonchev–Trinajstić information content (AvgIpc) is 3.09. The number of ketones is 1. The summed E-state index contributed by atoms with van der Waals surface area (Å²) in [6, 6.07) is 13.4. The summed E-state index contributed by atoms with van der Waals surface area (Å²) in [6.07, 6.45) is -4.74. The molecule has 178 valence electrons. The molecule has 4 rings (SSSR count). The van der Waals surface area contributed by atoms with Gasteiger partial charge in [0, 0.05) is 21.8 Å². The SMILES string of the molecule is O=C1C(=O)N(c2cccc(C(F)(F)F)c2)C(c2ccccc2[N+](=O)[O-])/C1=C(\O)c1ccc(Br)cc1. The Labute approximate surface area is 204 Å². The highest BCUT2D eigenvalue weighted by Crippen LogP contribution is 2.45. The molecule has 0 saturated carbocycles. The Morgan fingerprint density at radius 2 is 1.66 bits per heavy atom. The highest BCUT2D eigenvalue weighted by Gasteiger charge is 2.49. The summed E-state index contributed by atoms with van der Waals surface area (Å²) < 4.78 is 40.8. The zero-order valence-electron chi connectivity index (χ0n) is 17.5.